The van der Waals surface area contributed by atoms with E-state index in [2.05, 4.69) is 21.0 Å². The Morgan fingerprint density at radius 3 is 2.48 bits per heavy atom. The van der Waals surface area contributed by atoms with Crippen LogP contribution in [0.4, 0.5) is 0 Å². The topological polar surface area (TPSA) is 50.3 Å². The van der Waals surface area contributed by atoms with Crippen LogP contribution in [0.3, 0.4) is 0 Å². The van der Waals surface area contributed by atoms with E-state index in [9.17, 15) is 0 Å². The molecule has 1 aliphatic heterocycles. The average Bonchev–Trinajstić information content (AvgIpc) is 2.76. The van der Waals surface area contributed by atoms with Crippen LogP contribution < -0.4 is 5.73 Å². The molecule has 0 aliphatic carbocycles. The number of nitrogens with two attached hydrogens (primary N) is 1. The van der Waals surface area contributed by atoms with Crippen LogP contribution in [0.1, 0.15) is 31.4 Å². The van der Waals surface area contributed by atoms with Gasteiger partial charge in [0, 0.05) is 45.0 Å². The van der Waals surface area contributed by atoms with Crippen molar-refractivity contribution in [3.63, 3.8) is 0 Å². The van der Waals surface area contributed by atoms with E-state index in [0.717, 1.165) is 19.5 Å². The molecule has 0 amide bonds. The summed E-state index contributed by atoms with van der Waals surface area (Å²) in [4.78, 5) is 5.23. The molecule has 120 valence electrons. The minimum atomic E-state index is 0.835. The Morgan fingerprint density at radius 2 is 1.81 bits per heavy atom. The lowest BCUT2D eigenvalue weighted by Crippen LogP contribution is -2.32. The second-order valence-corrected chi connectivity index (χ2v) is 6.08. The normalized spacial score (nSPS) is 18.0. The highest BCUT2D eigenvalue weighted by Crippen LogP contribution is 2.07. The molecular weight excluding hydrogens is 262 g/mol. The average molecular weight is 293 g/mol. The van der Waals surface area contributed by atoms with Crippen molar-refractivity contribution in [3.05, 3.63) is 18.0 Å². The lowest BCUT2D eigenvalue weighted by Gasteiger charge is -2.21. The molecule has 1 aromatic rings. The quantitative estimate of drug-likeness (QED) is 0.729. The molecule has 0 radical (unpaired) electrons. The maximum absolute atomic E-state index is 5.55. The Labute approximate surface area is 129 Å². The summed E-state index contributed by atoms with van der Waals surface area (Å²) in [5, 5.41) is 4.24. The van der Waals surface area contributed by atoms with Gasteiger partial charge < -0.3 is 15.5 Å². The fourth-order valence-electron chi connectivity index (χ4n) is 3.05. The molecular formula is C16H31N5. The van der Waals surface area contributed by atoms with Crippen molar-refractivity contribution in [2.75, 3.05) is 45.8 Å². The Kier molecular flexibility index (Phi) is 7.19. The summed E-state index contributed by atoms with van der Waals surface area (Å²) < 4.78 is 1.99. The van der Waals surface area contributed by atoms with Gasteiger partial charge in [-0.15, -0.1) is 0 Å². The minimum Gasteiger partial charge on any atom is -0.330 e. The summed E-state index contributed by atoms with van der Waals surface area (Å²) in [5.74, 6) is 0. The molecule has 0 unspecified atom stereocenters. The summed E-state index contributed by atoms with van der Waals surface area (Å²) in [7, 11) is 2.03. The van der Waals surface area contributed by atoms with Gasteiger partial charge in [-0.3, -0.25) is 4.68 Å². The van der Waals surface area contributed by atoms with E-state index in [0.29, 0.717) is 0 Å². The molecule has 2 N–H and O–H groups in total. The number of hydrogen-bond donors (Lipinski definition) is 1. The zero-order valence-electron chi connectivity index (χ0n) is 13.5. The number of aromatic nitrogens is 2. The summed E-state index contributed by atoms with van der Waals surface area (Å²) >= 11 is 0. The SMILES string of the molecule is Cn1nccc1CCN1CCCN(CCCCCN)CC1. The van der Waals surface area contributed by atoms with Crippen LogP contribution in [0, 0.1) is 0 Å². The fraction of sp³-hybridized carbons (Fsp3) is 0.812. The van der Waals surface area contributed by atoms with E-state index < -0.39 is 0 Å². The van der Waals surface area contributed by atoms with Crippen molar-refractivity contribution in [1.82, 2.24) is 19.6 Å². The van der Waals surface area contributed by atoms with Gasteiger partial charge in [0.25, 0.3) is 0 Å². The maximum atomic E-state index is 5.55. The number of nitrogens with zero attached hydrogens (tertiary/aromatic N) is 4. The van der Waals surface area contributed by atoms with Crippen molar-refractivity contribution in [2.24, 2.45) is 12.8 Å². The zero-order chi connectivity index (χ0) is 14.9. The van der Waals surface area contributed by atoms with Gasteiger partial charge >= 0.3 is 0 Å². The van der Waals surface area contributed by atoms with Crippen LogP contribution in [0.25, 0.3) is 0 Å². The fourth-order valence-corrected chi connectivity index (χ4v) is 3.05. The molecule has 1 saturated heterocycles. The second kappa shape index (κ2) is 9.18. The van der Waals surface area contributed by atoms with Crippen molar-refractivity contribution < 1.29 is 0 Å². The Morgan fingerprint density at radius 1 is 1.05 bits per heavy atom. The molecule has 5 heteroatoms. The van der Waals surface area contributed by atoms with Gasteiger partial charge in [0.1, 0.15) is 0 Å². The van der Waals surface area contributed by atoms with Gasteiger partial charge in [-0.1, -0.05) is 6.42 Å². The van der Waals surface area contributed by atoms with E-state index in [-0.39, 0.29) is 0 Å². The monoisotopic (exact) mass is 293 g/mol. The number of hydrogen-bond acceptors (Lipinski definition) is 4. The molecule has 1 aromatic heterocycles. The highest BCUT2D eigenvalue weighted by Gasteiger charge is 2.14. The standard InChI is InChI=1S/C16H31N5/c1-19-16(6-9-18-19)7-13-21-12-5-11-20(14-15-21)10-4-2-3-8-17/h6,9H,2-5,7-8,10-15,17H2,1H3. The molecule has 5 nitrogen and oxygen atoms in total. The van der Waals surface area contributed by atoms with Crippen molar-refractivity contribution in [1.29, 1.82) is 0 Å². The molecule has 0 bridgehead atoms. The number of rotatable bonds is 8. The van der Waals surface area contributed by atoms with Crippen LogP contribution in [0.5, 0.6) is 0 Å². The first-order valence-corrected chi connectivity index (χ1v) is 8.41. The molecule has 21 heavy (non-hydrogen) atoms. The number of aryl methyl sites for hydroxylation is 1. The van der Waals surface area contributed by atoms with E-state index in [1.807, 2.05) is 17.9 Å². The van der Waals surface area contributed by atoms with Crippen LogP contribution in [0.2, 0.25) is 0 Å². The van der Waals surface area contributed by atoms with E-state index >= 15 is 0 Å². The van der Waals surface area contributed by atoms with Crippen molar-refractivity contribution in [3.8, 4) is 0 Å². The Bertz CT molecular complexity index is 390. The molecule has 2 heterocycles. The largest absolute Gasteiger partial charge is 0.330 e. The van der Waals surface area contributed by atoms with Gasteiger partial charge in [0.2, 0.25) is 0 Å². The second-order valence-electron chi connectivity index (χ2n) is 6.08. The molecule has 1 aliphatic rings. The summed E-state index contributed by atoms with van der Waals surface area (Å²) in [5.41, 5.74) is 6.88. The van der Waals surface area contributed by atoms with E-state index in [1.165, 1.54) is 64.1 Å². The van der Waals surface area contributed by atoms with Crippen LogP contribution >= 0.6 is 0 Å². The third-order valence-electron chi connectivity index (χ3n) is 4.47. The molecule has 0 saturated carbocycles. The first kappa shape index (κ1) is 16.5. The Balaban J connectivity index is 1.65. The van der Waals surface area contributed by atoms with Gasteiger partial charge in [-0.2, -0.15) is 5.10 Å². The van der Waals surface area contributed by atoms with Crippen molar-refractivity contribution in [2.45, 2.75) is 32.1 Å². The molecule has 0 aromatic carbocycles. The molecule has 0 spiro atoms. The predicted octanol–water partition coefficient (Wildman–Crippen LogP) is 1.10. The van der Waals surface area contributed by atoms with Gasteiger partial charge in [0.15, 0.2) is 0 Å². The highest BCUT2D eigenvalue weighted by molar-refractivity contribution is 5.00. The van der Waals surface area contributed by atoms with Crippen molar-refractivity contribution >= 4 is 0 Å². The van der Waals surface area contributed by atoms with Gasteiger partial charge in [0.05, 0.1) is 0 Å². The maximum Gasteiger partial charge on any atom is 0.0492 e. The summed E-state index contributed by atoms with van der Waals surface area (Å²) in [6, 6.07) is 2.13. The predicted molar refractivity (Wildman–Crippen MR) is 87.3 cm³/mol. The minimum absolute atomic E-state index is 0.835. The smallest absolute Gasteiger partial charge is 0.0492 e. The Hall–Kier alpha value is -0.910. The van der Waals surface area contributed by atoms with Gasteiger partial charge in [-0.25, -0.2) is 0 Å². The summed E-state index contributed by atoms with van der Waals surface area (Å²) in [6.45, 7) is 8.14. The first-order valence-electron chi connectivity index (χ1n) is 8.41. The lowest BCUT2D eigenvalue weighted by molar-refractivity contribution is 0.254. The number of unbranched alkanes of at least 4 members (excludes halogenated alkanes) is 2. The molecule has 2 rings (SSSR count). The van der Waals surface area contributed by atoms with Gasteiger partial charge in [-0.05, 0) is 51.5 Å². The first-order chi connectivity index (χ1) is 10.3. The third-order valence-corrected chi connectivity index (χ3v) is 4.47. The zero-order valence-corrected chi connectivity index (χ0v) is 13.5. The highest BCUT2D eigenvalue weighted by atomic mass is 15.3. The third kappa shape index (κ3) is 5.77. The lowest BCUT2D eigenvalue weighted by atomic mass is 10.2. The van der Waals surface area contributed by atoms with Crippen LogP contribution in [-0.2, 0) is 13.5 Å². The van der Waals surface area contributed by atoms with Crippen LogP contribution in [0.15, 0.2) is 12.3 Å². The summed E-state index contributed by atoms with van der Waals surface area (Å²) in [6.07, 6.45) is 8.03. The van der Waals surface area contributed by atoms with E-state index in [4.69, 9.17) is 5.73 Å². The van der Waals surface area contributed by atoms with Crippen LogP contribution in [-0.4, -0.2) is 65.4 Å². The molecule has 1 fully saturated rings. The van der Waals surface area contributed by atoms with E-state index in [1.54, 1.807) is 0 Å². The molecule has 0 atom stereocenters.